The highest BCUT2D eigenvalue weighted by molar-refractivity contribution is 6.30. The molecule has 1 heterocycles. The molecule has 22 heavy (non-hydrogen) atoms. The molecule has 124 valence electrons. The highest BCUT2D eigenvalue weighted by Gasteiger charge is 2.22. The van der Waals surface area contributed by atoms with Gasteiger partial charge in [0.2, 0.25) is 0 Å². The van der Waals surface area contributed by atoms with Crippen molar-refractivity contribution in [2.24, 2.45) is 5.92 Å². The van der Waals surface area contributed by atoms with E-state index in [1.807, 2.05) is 0 Å². The van der Waals surface area contributed by atoms with Gasteiger partial charge in [-0.3, -0.25) is 15.0 Å². The fraction of sp³-hybridized carbons (Fsp3) is 0.600. The van der Waals surface area contributed by atoms with Gasteiger partial charge >= 0.3 is 0 Å². The van der Waals surface area contributed by atoms with Crippen LogP contribution < -0.4 is 5.32 Å². The van der Waals surface area contributed by atoms with Crippen LogP contribution >= 0.6 is 24.0 Å². The summed E-state index contributed by atoms with van der Waals surface area (Å²) in [5.74, 6) is 0.718. The average molecular weight is 348 g/mol. The minimum atomic E-state index is -0.330. The van der Waals surface area contributed by atoms with Gasteiger partial charge in [-0.2, -0.15) is 0 Å². The molecular weight excluding hydrogens is 325 g/mol. The van der Waals surface area contributed by atoms with E-state index in [2.05, 4.69) is 17.1 Å². The maximum Gasteiger partial charge on any atom is 0.273 e. The SMILES string of the molecule is CCNCC1CCN(Cc2cc(Cl)ccc2[N+](=O)[O-])CC1.Cl. The second-order valence-corrected chi connectivity index (χ2v) is 5.99. The summed E-state index contributed by atoms with van der Waals surface area (Å²) < 4.78 is 0. The molecule has 1 fully saturated rings. The smallest absolute Gasteiger partial charge is 0.273 e. The Morgan fingerprint density at radius 1 is 1.41 bits per heavy atom. The summed E-state index contributed by atoms with van der Waals surface area (Å²) in [5, 5.41) is 15.0. The standard InChI is InChI=1S/C15H22ClN3O2.ClH/c1-2-17-10-12-5-7-18(8-6-12)11-13-9-14(16)3-4-15(13)19(20)21;/h3-4,9,12,17H,2,5-8,10-11H2,1H3;1H. The van der Waals surface area contributed by atoms with E-state index in [1.165, 1.54) is 6.07 Å². The summed E-state index contributed by atoms with van der Waals surface area (Å²) in [5.41, 5.74) is 0.867. The minimum Gasteiger partial charge on any atom is -0.317 e. The lowest BCUT2D eigenvalue weighted by molar-refractivity contribution is -0.385. The fourth-order valence-corrected chi connectivity index (χ4v) is 2.99. The molecule has 0 radical (unpaired) electrons. The molecule has 0 bridgehead atoms. The first-order valence-electron chi connectivity index (χ1n) is 7.46. The third-order valence-corrected chi connectivity index (χ3v) is 4.26. The third kappa shape index (κ3) is 5.39. The van der Waals surface area contributed by atoms with E-state index in [-0.39, 0.29) is 23.0 Å². The Kier molecular flexibility index (Phi) is 8.10. The molecule has 5 nitrogen and oxygen atoms in total. The predicted molar refractivity (Wildman–Crippen MR) is 91.9 cm³/mol. The highest BCUT2D eigenvalue weighted by atomic mass is 35.5. The van der Waals surface area contributed by atoms with Crippen molar-refractivity contribution in [3.8, 4) is 0 Å². The van der Waals surface area contributed by atoms with E-state index in [9.17, 15) is 10.1 Å². The molecule has 0 amide bonds. The molecule has 1 aromatic rings. The Morgan fingerprint density at radius 3 is 2.68 bits per heavy atom. The Bertz CT molecular complexity index is 492. The first kappa shape index (κ1) is 19.2. The predicted octanol–water partition coefficient (Wildman–Crippen LogP) is 3.49. The summed E-state index contributed by atoms with van der Waals surface area (Å²) in [6.07, 6.45) is 2.28. The van der Waals surface area contributed by atoms with E-state index in [1.54, 1.807) is 12.1 Å². The van der Waals surface area contributed by atoms with Gasteiger partial charge in [-0.25, -0.2) is 0 Å². The van der Waals surface area contributed by atoms with Crippen LogP contribution in [0.4, 0.5) is 5.69 Å². The third-order valence-electron chi connectivity index (χ3n) is 4.02. The molecule has 1 saturated heterocycles. The summed E-state index contributed by atoms with van der Waals surface area (Å²) in [7, 11) is 0. The van der Waals surface area contributed by atoms with Crippen LogP contribution in [0.25, 0.3) is 0 Å². The zero-order valence-corrected chi connectivity index (χ0v) is 14.3. The monoisotopic (exact) mass is 347 g/mol. The molecular formula is C15H23Cl2N3O2. The van der Waals surface area contributed by atoms with Crippen molar-refractivity contribution in [3.05, 3.63) is 38.9 Å². The molecule has 2 rings (SSSR count). The van der Waals surface area contributed by atoms with E-state index >= 15 is 0 Å². The van der Waals surface area contributed by atoms with Crippen molar-refractivity contribution in [1.29, 1.82) is 0 Å². The van der Waals surface area contributed by atoms with Crippen LogP contribution in [0.5, 0.6) is 0 Å². The van der Waals surface area contributed by atoms with Crippen LogP contribution in [0.1, 0.15) is 25.3 Å². The van der Waals surface area contributed by atoms with E-state index in [0.717, 1.165) is 44.9 Å². The molecule has 1 N–H and O–H groups in total. The molecule has 1 aliphatic rings. The minimum absolute atomic E-state index is 0. The number of nitrogens with zero attached hydrogens (tertiary/aromatic N) is 2. The van der Waals surface area contributed by atoms with Gasteiger partial charge in [0.05, 0.1) is 4.92 Å². The van der Waals surface area contributed by atoms with Gasteiger partial charge in [-0.05, 0) is 57.1 Å². The number of nitrogens with one attached hydrogen (secondary N) is 1. The number of halogens is 2. The van der Waals surface area contributed by atoms with Crippen molar-refractivity contribution < 1.29 is 4.92 Å². The fourth-order valence-electron chi connectivity index (χ4n) is 2.80. The number of hydrogen-bond donors (Lipinski definition) is 1. The van der Waals surface area contributed by atoms with Crippen LogP contribution in [0.3, 0.4) is 0 Å². The zero-order chi connectivity index (χ0) is 15.2. The van der Waals surface area contributed by atoms with Crippen LogP contribution in [0.2, 0.25) is 5.02 Å². The maximum atomic E-state index is 11.1. The van der Waals surface area contributed by atoms with Gasteiger partial charge in [-0.15, -0.1) is 12.4 Å². The van der Waals surface area contributed by atoms with Gasteiger partial charge in [0.15, 0.2) is 0 Å². The van der Waals surface area contributed by atoms with Crippen molar-refractivity contribution in [1.82, 2.24) is 10.2 Å². The molecule has 0 unspecified atom stereocenters. The molecule has 0 spiro atoms. The molecule has 0 aliphatic carbocycles. The van der Waals surface area contributed by atoms with Gasteiger partial charge in [0, 0.05) is 23.2 Å². The largest absolute Gasteiger partial charge is 0.317 e. The van der Waals surface area contributed by atoms with Gasteiger partial charge in [-0.1, -0.05) is 18.5 Å². The molecule has 1 aliphatic heterocycles. The highest BCUT2D eigenvalue weighted by Crippen LogP contribution is 2.26. The summed E-state index contributed by atoms with van der Waals surface area (Å²) in [6.45, 7) is 6.77. The second kappa shape index (κ2) is 9.30. The quantitative estimate of drug-likeness (QED) is 0.632. The summed E-state index contributed by atoms with van der Waals surface area (Å²) >= 11 is 5.97. The first-order chi connectivity index (χ1) is 10.1. The van der Waals surface area contributed by atoms with Crippen LogP contribution in [-0.2, 0) is 6.54 Å². The lowest BCUT2D eigenvalue weighted by atomic mass is 9.96. The number of rotatable bonds is 6. The molecule has 1 aromatic carbocycles. The second-order valence-electron chi connectivity index (χ2n) is 5.56. The number of nitro groups is 1. The van der Waals surface area contributed by atoms with Crippen LogP contribution in [0.15, 0.2) is 18.2 Å². The van der Waals surface area contributed by atoms with Crippen molar-refractivity contribution in [2.45, 2.75) is 26.3 Å². The Morgan fingerprint density at radius 2 is 2.09 bits per heavy atom. The first-order valence-corrected chi connectivity index (χ1v) is 7.83. The summed E-state index contributed by atoms with van der Waals surface area (Å²) in [6, 6.07) is 4.78. The van der Waals surface area contributed by atoms with E-state index < -0.39 is 0 Å². The Labute approximate surface area is 142 Å². The Hall–Kier alpha value is -0.880. The van der Waals surface area contributed by atoms with Crippen molar-refractivity contribution in [2.75, 3.05) is 26.2 Å². The van der Waals surface area contributed by atoms with E-state index in [4.69, 9.17) is 11.6 Å². The molecule has 7 heteroatoms. The normalized spacial score (nSPS) is 16.3. The van der Waals surface area contributed by atoms with Crippen molar-refractivity contribution >= 4 is 29.7 Å². The number of piperidine rings is 1. The maximum absolute atomic E-state index is 11.1. The van der Waals surface area contributed by atoms with Gasteiger partial charge < -0.3 is 5.32 Å². The molecule has 0 aromatic heterocycles. The number of likely N-dealkylation sites (tertiary alicyclic amines) is 1. The van der Waals surface area contributed by atoms with E-state index in [0.29, 0.717) is 17.1 Å². The molecule has 0 saturated carbocycles. The van der Waals surface area contributed by atoms with Gasteiger partial charge in [0.25, 0.3) is 5.69 Å². The topological polar surface area (TPSA) is 58.4 Å². The average Bonchev–Trinajstić information content (AvgIpc) is 2.46. The Balaban J connectivity index is 0.00000242. The zero-order valence-electron chi connectivity index (χ0n) is 12.8. The van der Waals surface area contributed by atoms with Crippen LogP contribution in [-0.4, -0.2) is 36.0 Å². The van der Waals surface area contributed by atoms with Gasteiger partial charge in [0.1, 0.15) is 0 Å². The lowest BCUT2D eigenvalue weighted by Crippen LogP contribution is -2.37. The van der Waals surface area contributed by atoms with Crippen molar-refractivity contribution in [3.63, 3.8) is 0 Å². The lowest BCUT2D eigenvalue weighted by Gasteiger charge is -2.32. The number of nitro benzene ring substituents is 1. The summed E-state index contributed by atoms with van der Waals surface area (Å²) in [4.78, 5) is 13.0. The number of benzene rings is 1. The molecule has 0 atom stereocenters. The number of hydrogen-bond acceptors (Lipinski definition) is 4. The van der Waals surface area contributed by atoms with Crippen LogP contribution in [0, 0.1) is 16.0 Å².